The number of nitro groups is 1. The Bertz CT molecular complexity index is 1190. The van der Waals surface area contributed by atoms with Gasteiger partial charge in [0.2, 0.25) is 0 Å². The number of aromatic nitrogens is 1. The van der Waals surface area contributed by atoms with Crippen LogP contribution in [0.5, 0.6) is 0 Å². The van der Waals surface area contributed by atoms with Gasteiger partial charge in [-0.2, -0.15) is 0 Å². The molecule has 0 amide bonds. The van der Waals surface area contributed by atoms with Crippen molar-refractivity contribution in [1.29, 1.82) is 0 Å². The number of ether oxygens (including phenoxy) is 1. The molecule has 1 N–H and O–H groups in total. The summed E-state index contributed by atoms with van der Waals surface area (Å²) in [6.07, 6.45) is 1.76. The van der Waals surface area contributed by atoms with Crippen LogP contribution in [0.15, 0.2) is 91.1 Å². The molecule has 0 bridgehead atoms. The van der Waals surface area contributed by atoms with Crippen molar-refractivity contribution in [2.45, 2.75) is 23.7 Å². The van der Waals surface area contributed by atoms with Gasteiger partial charge < -0.3 is 9.72 Å². The van der Waals surface area contributed by atoms with E-state index in [1.165, 1.54) is 11.8 Å². The average molecular weight is 447 g/mol. The number of carbonyl (C=O) groups excluding carboxylic acids is 1. The molecular formula is C25H22N2O4S. The van der Waals surface area contributed by atoms with Gasteiger partial charge in [-0.25, -0.2) is 4.79 Å². The number of rotatable bonds is 9. The normalized spacial score (nSPS) is 12.9. The van der Waals surface area contributed by atoms with Crippen LogP contribution in [0.3, 0.4) is 0 Å². The van der Waals surface area contributed by atoms with Gasteiger partial charge in [-0.1, -0.05) is 78.9 Å². The van der Waals surface area contributed by atoms with Gasteiger partial charge in [-0.05, 0) is 22.8 Å². The maximum Gasteiger partial charge on any atom is 0.383 e. The number of fused-ring (bicyclic) bond motifs is 1. The minimum absolute atomic E-state index is 0.00598. The maximum atomic E-state index is 13.0. The number of esters is 1. The molecule has 7 heteroatoms. The number of nitrogens with one attached hydrogen (secondary N) is 1. The van der Waals surface area contributed by atoms with Crippen LogP contribution in [0.25, 0.3) is 10.9 Å². The topological polar surface area (TPSA) is 85.2 Å². The fourth-order valence-corrected chi connectivity index (χ4v) is 4.91. The van der Waals surface area contributed by atoms with Crippen LogP contribution in [0.1, 0.15) is 21.9 Å². The van der Waals surface area contributed by atoms with Crippen molar-refractivity contribution >= 4 is 28.6 Å². The Morgan fingerprint density at radius 3 is 2.25 bits per heavy atom. The van der Waals surface area contributed by atoms with Crippen LogP contribution in [0.4, 0.5) is 0 Å². The lowest BCUT2D eigenvalue weighted by Crippen LogP contribution is -2.36. The third-order valence-corrected chi connectivity index (χ3v) is 6.55. The first-order valence-corrected chi connectivity index (χ1v) is 11.2. The molecule has 162 valence electrons. The van der Waals surface area contributed by atoms with Crippen LogP contribution < -0.4 is 0 Å². The molecule has 4 rings (SSSR count). The van der Waals surface area contributed by atoms with Crippen molar-refractivity contribution < 1.29 is 14.5 Å². The van der Waals surface area contributed by atoms with E-state index in [0.717, 1.165) is 27.6 Å². The molecule has 0 fully saturated rings. The lowest BCUT2D eigenvalue weighted by molar-refractivity contribution is -0.510. The molecule has 1 heterocycles. The van der Waals surface area contributed by atoms with Crippen molar-refractivity contribution in [3.63, 3.8) is 0 Å². The summed E-state index contributed by atoms with van der Waals surface area (Å²) >= 11 is 1.37. The molecule has 0 saturated heterocycles. The lowest BCUT2D eigenvalue weighted by Gasteiger charge is -2.20. The van der Waals surface area contributed by atoms with E-state index in [4.69, 9.17) is 4.74 Å². The zero-order valence-corrected chi connectivity index (χ0v) is 18.0. The molecule has 2 atom stereocenters. The van der Waals surface area contributed by atoms with Gasteiger partial charge in [0.15, 0.2) is 0 Å². The molecule has 6 nitrogen and oxygen atoms in total. The van der Waals surface area contributed by atoms with E-state index in [0.29, 0.717) is 5.75 Å². The summed E-state index contributed by atoms with van der Waals surface area (Å²) in [5.41, 5.74) is 3.40. The van der Waals surface area contributed by atoms with Crippen LogP contribution in [0.2, 0.25) is 0 Å². The summed E-state index contributed by atoms with van der Waals surface area (Å²) in [5.74, 6) is -0.309. The van der Waals surface area contributed by atoms with Crippen molar-refractivity contribution in [2.24, 2.45) is 0 Å². The monoisotopic (exact) mass is 446 g/mol. The summed E-state index contributed by atoms with van der Waals surface area (Å²) < 4.78 is 5.39. The Balaban J connectivity index is 1.63. The van der Waals surface area contributed by atoms with Gasteiger partial charge in [-0.3, -0.25) is 10.1 Å². The third kappa shape index (κ3) is 5.00. The number of hydrogen-bond acceptors (Lipinski definition) is 5. The molecule has 0 aliphatic heterocycles. The predicted octanol–water partition coefficient (Wildman–Crippen LogP) is 5.53. The van der Waals surface area contributed by atoms with E-state index in [9.17, 15) is 14.9 Å². The molecule has 0 radical (unpaired) electrons. The molecule has 1 aromatic heterocycles. The van der Waals surface area contributed by atoms with Gasteiger partial charge >= 0.3 is 12.0 Å². The first kappa shape index (κ1) is 21.6. The highest BCUT2D eigenvalue weighted by atomic mass is 32.2. The first-order chi connectivity index (χ1) is 15.6. The summed E-state index contributed by atoms with van der Waals surface area (Å²) in [7, 11) is 0. The molecular weight excluding hydrogens is 424 g/mol. The van der Waals surface area contributed by atoms with Gasteiger partial charge in [-0.15, -0.1) is 11.8 Å². The molecule has 0 aliphatic carbocycles. The molecule has 3 aromatic carbocycles. The summed E-state index contributed by atoms with van der Waals surface area (Å²) in [6.45, 7) is -0.00598. The molecule has 0 unspecified atom stereocenters. The second-order valence-electron chi connectivity index (χ2n) is 7.33. The number of nitrogens with zero attached hydrogens (tertiary/aromatic N) is 1. The summed E-state index contributed by atoms with van der Waals surface area (Å²) in [6, 6.07) is 24.9. The van der Waals surface area contributed by atoms with Crippen molar-refractivity contribution in [3.05, 3.63) is 118 Å². The molecule has 32 heavy (non-hydrogen) atoms. The van der Waals surface area contributed by atoms with Gasteiger partial charge in [0, 0.05) is 27.8 Å². The molecule has 0 aliphatic rings. The minimum atomic E-state index is -1.54. The Hall–Kier alpha value is -3.58. The van der Waals surface area contributed by atoms with Crippen LogP contribution in [0, 0.1) is 10.1 Å². The SMILES string of the molecule is O=C(OCc1ccccc1)[C@H]([C@@H](SCc1ccccc1)c1c[nH]c2ccccc12)[N+](=O)[O-]. The number of hydrogen-bond donors (Lipinski definition) is 1. The zero-order valence-electron chi connectivity index (χ0n) is 17.2. The van der Waals surface area contributed by atoms with Gasteiger partial charge in [0.25, 0.3) is 0 Å². The Labute approximate surface area is 189 Å². The predicted molar refractivity (Wildman–Crippen MR) is 126 cm³/mol. The van der Waals surface area contributed by atoms with Crippen molar-refractivity contribution in [2.75, 3.05) is 0 Å². The van der Waals surface area contributed by atoms with Crippen LogP contribution in [-0.2, 0) is 21.9 Å². The quantitative estimate of drug-likeness (QED) is 0.208. The Kier molecular flexibility index (Phi) is 6.87. The third-order valence-electron chi connectivity index (χ3n) is 5.18. The van der Waals surface area contributed by atoms with E-state index >= 15 is 0 Å². The van der Waals surface area contributed by atoms with Crippen molar-refractivity contribution in [3.8, 4) is 0 Å². The maximum absolute atomic E-state index is 13.0. The first-order valence-electron chi connectivity index (χ1n) is 10.2. The van der Waals surface area contributed by atoms with Crippen molar-refractivity contribution in [1.82, 2.24) is 4.98 Å². The summed E-state index contributed by atoms with van der Waals surface area (Å²) in [4.78, 5) is 27.7. The van der Waals surface area contributed by atoms with Crippen LogP contribution >= 0.6 is 11.8 Å². The van der Waals surface area contributed by atoms with Gasteiger partial charge in [0.1, 0.15) is 11.9 Å². The number of aromatic amines is 1. The highest BCUT2D eigenvalue weighted by molar-refractivity contribution is 7.98. The number of H-pyrrole nitrogens is 1. The second-order valence-corrected chi connectivity index (χ2v) is 8.46. The number of benzene rings is 3. The smallest absolute Gasteiger partial charge is 0.383 e. The fraction of sp³-hybridized carbons (Fsp3) is 0.160. The Morgan fingerprint density at radius 2 is 1.56 bits per heavy atom. The molecule has 0 saturated carbocycles. The lowest BCUT2D eigenvalue weighted by atomic mass is 10.0. The largest absolute Gasteiger partial charge is 0.456 e. The van der Waals surface area contributed by atoms with E-state index in [-0.39, 0.29) is 6.61 Å². The second kappa shape index (κ2) is 10.2. The highest BCUT2D eigenvalue weighted by Gasteiger charge is 2.42. The Morgan fingerprint density at radius 1 is 0.938 bits per heavy atom. The van der Waals surface area contributed by atoms with E-state index in [2.05, 4.69) is 4.98 Å². The van der Waals surface area contributed by atoms with Gasteiger partial charge in [0.05, 0.1) is 0 Å². The zero-order chi connectivity index (χ0) is 22.3. The summed E-state index contributed by atoms with van der Waals surface area (Å²) in [5, 5.41) is 12.3. The minimum Gasteiger partial charge on any atom is -0.456 e. The number of para-hydroxylation sites is 1. The standard InChI is InChI=1S/C25H22N2O4S/c28-25(31-16-18-9-3-1-4-10-18)23(27(29)30)24(32-17-19-11-5-2-6-12-19)21-15-26-22-14-8-7-13-20(21)22/h1-15,23-24,26H,16-17H2/t23-,24-/m0/s1. The molecule has 0 spiro atoms. The fourth-order valence-electron chi connectivity index (χ4n) is 3.57. The van der Waals surface area contributed by atoms with E-state index in [1.54, 1.807) is 6.20 Å². The molecule has 4 aromatic rings. The average Bonchev–Trinajstić information content (AvgIpc) is 3.25. The number of carbonyl (C=O) groups is 1. The van der Waals surface area contributed by atoms with E-state index < -0.39 is 22.2 Å². The van der Waals surface area contributed by atoms with Crippen LogP contribution in [-0.4, -0.2) is 21.9 Å². The number of thioether (sulfide) groups is 1. The highest BCUT2D eigenvalue weighted by Crippen LogP contribution is 2.39. The van der Waals surface area contributed by atoms with E-state index in [1.807, 2.05) is 84.9 Å².